The SMILES string of the molecule is CC(=O)/C(=C\c1cc(Br)cs1)C(=O)Nc1ccc([N+](=O)[O-])cc1. The number of non-ortho nitro benzene ring substituents is 1. The van der Waals surface area contributed by atoms with Crippen LogP contribution < -0.4 is 5.32 Å². The minimum Gasteiger partial charge on any atom is -0.322 e. The summed E-state index contributed by atoms with van der Waals surface area (Å²) < 4.78 is 0.868. The van der Waals surface area contributed by atoms with E-state index >= 15 is 0 Å². The molecular weight excluding hydrogens is 384 g/mol. The summed E-state index contributed by atoms with van der Waals surface area (Å²) in [5, 5.41) is 15.0. The number of halogens is 1. The Bertz CT molecular complexity index is 796. The summed E-state index contributed by atoms with van der Waals surface area (Å²) in [6, 6.07) is 7.18. The Morgan fingerprint density at radius 1 is 1.30 bits per heavy atom. The third kappa shape index (κ3) is 4.57. The fourth-order valence-electron chi connectivity index (χ4n) is 1.74. The summed E-state index contributed by atoms with van der Waals surface area (Å²) in [6.07, 6.45) is 1.51. The molecule has 6 nitrogen and oxygen atoms in total. The number of hydrogen-bond donors (Lipinski definition) is 1. The topological polar surface area (TPSA) is 89.3 Å². The van der Waals surface area contributed by atoms with Gasteiger partial charge in [0.15, 0.2) is 5.78 Å². The van der Waals surface area contributed by atoms with Crippen molar-refractivity contribution in [3.05, 3.63) is 60.7 Å². The van der Waals surface area contributed by atoms with Crippen LogP contribution >= 0.6 is 27.3 Å². The van der Waals surface area contributed by atoms with E-state index in [0.29, 0.717) is 5.69 Å². The van der Waals surface area contributed by atoms with Crippen LogP contribution in [0, 0.1) is 10.1 Å². The zero-order valence-electron chi connectivity index (χ0n) is 11.9. The Morgan fingerprint density at radius 2 is 1.96 bits per heavy atom. The first-order chi connectivity index (χ1) is 10.9. The molecule has 2 rings (SSSR count). The highest BCUT2D eigenvalue weighted by Gasteiger charge is 2.16. The number of carbonyl (C=O) groups is 2. The van der Waals surface area contributed by atoms with Crippen molar-refractivity contribution in [2.75, 3.05) is 5.32 Å². The molecule has 23 heavy (non-hydrogen) atoms. The summed E-state index contributed by atoms with van der Waals surface area (Å²) in [6.45, 7) is 1.31. The van der Waals surface area contributed by atoms with Crippen molar-refractivity contribution in [3.63, 3.8) is 0 Å². The molecule has 0 spiro atoms. The number of nitro benzene ring substituents is 1. The first kappa shape index (κ1) is 17.0. The van der Waals surface area contributed by atoms with Gasteiger partial charge in [-0.15, -0.1) is 11.3 Å². The molecule has 1 N–H and O–H groups in total. The first-order valence-electron chi connectivity index (χ1n) is 6.39. The predicted octanol–water partition coefficient (Wildman–Crippen LogP) is 4.03. The number of nitrogens with one attached hydrogen (secondary N) is 1. The van der Waals surface area contributed by atoms with Crippen LogP contribution in [0.4, 0.5) is 11.4 Å². The molecule has 0 bridgehead atoms. The first-order valence-corrected chi connectivity index (χ1v) is 8.06. The summed E-state index contributed by atoms with van der Waals surface area (Å²) in [7, 11) is 0. The summed E-state index contributed by atoms with van der Waals surface area (Å²) >= 11 is 4.70. The molecule has 0 radical (unpaired) electrons. The quantitative estimate of drug-likeness (QED) is 0.272. The maximum Gasteiger partial charge on any atom is 0.269 e. The molecular formula is C15H11BrN2O4S. The van der Waals surface area contributed by atoms with Crippen molar-refractivity contribution in [3.8, 4) is 0 Å². The number of nitrogens with zero attached hydrogens (tertiary/aromatic N) is 1. The molecule has 1 aromatic heterocycles. The van der Waals surface area contributed by atoms with Gasteiger partial charge in [0.05, 0.1) is 10.5 Å². The average molecular weight is 395 g/mol. The maximum absolute atomic E-state index is 12.2. The summed E-state index contributed by atoms with van der Waals surface area (Å²) in [5.74, 6) is -0.926. The number of Topliss-reactive ketones (excluding diaryl/α,β-unsaturated/α-hetero) is 1. The molecule has 2 aromatic rings. The maximum atomic E-state index is 12.2. The van der Waals surface area contributed by atoms with Crippen LogP contribution in [0.1, 0.15) is 11.8 Å². The fourth-order valence-corrected chi connectivity index (χ4v) is 3.11. The van der Waals surface area contributed by atoms with Crippen molar-refractivity contribution < 1.29 is 14.5 Å². The predicted molar refractivity (Wildman–Crippen MR) is 92.4 cm³/mol. The van der Waals surface area contributed by atoms with E-state index in [0.717, 1.165) is 9.35 Å². The second-order valence-corrected chi connectivity index (χ2v) is 6.40. The Labute approximate surface area is 144 Å². The number of benzene rings is 1. The monoisotopic (exact) mass is 394 g/mol. The van der Waals surface area contributed by atoms with Crippen molar-refractivity contribution in [1.29, 1.82) is 0 Å². The second-order valence-electron chi connectivity index (χ2n) is 4.54. The van der Waals surface area contributed by atoms with Crippen LogP contribution in [-0.4, -0.2) is 16.6 Å². The van der Waals surface area contributed by atoms with Gasteiger partial charge in [-0.25, -0.2) is 0 Å². The van der Waals surface area contributed by atoms with Crippen molar-refractivity contribution in [2.24, 2.45) is 0 Å². The van der Waals surface area contributed by atoms with Crippen LogP contribution in [-0.2, 0) is 9.59 Å². The van der Waals surface area contributed by atoms with E-state index in [1.807, 2.05) is 5.38 Å². The van der Waals surface area contributed by atoms with E-state index in [2.05, 4.69) is 21.2 Å². The van der Waals surface area contributed by atoms with Gasteiger partial charge in [0.2, 0.25) is 0 Å². The van der Waals surface area contributed by atoms with Gasteiger partial charge in [-0.1, -0.05) is 0 Å². The lowest BCUT2D eigenvalue weighted by molar-refractivity contribution is -0.384. The molecule has 0 aliphatic heterocycles. The Kier molecular flexibility index (Phi) is 5.41. The van der Waals surface area contributed by atoms with Crippen LogP contribution in [0.5, 0.6) is 0 Å². The number of ketones is 1. The van der Waals surface area contributed by atoms with Crippen molar-refractivity contribution in [1.82, 2.24) is 0 Å². The summed E-state index contributed by atoms with van der Waals surface area (Å²) in [5.41, 5.74) is 0.312. The largest absolute Gasteiger partial charge is 0.322 e. The molecule has 1 aromatic carbocycles. The zero-order valence-corrected chi connectivity index (χ0v) is 14.3. The number of anilines is 1. The normalized spacial score (nSPS) is 11.1. The molecule has 1 amide bonds. The van der Waals surface area contributed by atoms with E-state index in [1.54, 1.807) is 6.07 Å². The van der Waals surface area contributed by atoms with Crippen LogP contribution in [0.15, 0.2) is 45.8 Å². The highest BCUT2D eigenvalue weighted by Crippen LogP contribution is 2.23. The average Bonchev–Trinajstić information content (AvgIpc) is 2.90. The van der Waals surface area contributed by atoms with Gasteiger partial charge in [-0.3, -0.25) is 19.7 Å². The minimum absolute atomic E-state index is 0.0118. The van der Waals surface area contributed by atoms with Gasteiger partial charge in [0.25, 0.3) is 11.6 Å². The van der Waals surface area contributed by atoms with Crippen molar-refractivity contribution in [2.45, 2.75) is 6.92 Å². The third-order valence-corrected chi connectivity index (χ3v) is 4.47. The smallest absolute Gasteiger partial charge is 0.269 e. The third-order valence-electron chi connectivity index (χ3n) is 2.83. The number of nitro groups is 1. The Balaban J connectivity index is 2.20. The van der Waals surface area contributed by atoms with Crippen LogP contribution in [0.3, 0.4) is 0 Å². The fraction of sp³-hybridized carbons (Fsp3) is 0.0667. The van der Waals surface area contributed by atoms with Crippen LogP contribution in [0.25, 0.3) is 6.08 Å². The van der Waals surface area contributed by atoms with Gasteiger partial charge < -0.3 is 5.32 Å². The van der Waals surface area contributed by atoms with Gasteiger partial charge in [0, 0.05) is 32.6 Å². The number of carbonyl (C=O) groups excluding carboxylic acids is 2. The van der Waals surface area contributed by atoms with Crippen molar-refractivity contribution >= 4 is 56.4 Å². The van der Waals surface area contributed by atoms with E-state index < -0.39 is 10.8 Å². The van der Waals surface area contributed by atoms with Gasteiger partial charge >= 0.3 is 0 Å². The second kappa shape index (κ2) is 7.30. The molecule has 0 atom stereocenters. The van der Waals surface area contributed by atoms with Gasteiger partial charge in [-0.2, -0.15) is 0 Å². The molecule has 0 aliphatic carbocycles. The molecule has 118 valence electrons. The van der Waals surface area contributed by atoms with Gasteiger partial charge in [0.1, 0.15) is 0 Å². The number of amides is 1. The lowest BCUT2D eigenvalue weighted by atomic mass is 10.1. The van der Waals surface area contributed by atoms with Crippen LogP contribution in [0.2, 0.25) is 0 Å². The molecule has 0 saturated heterocycles. The summed E-state index contributed by atoms with van der Waals surface area (Å²) in [4.78, 5) is 34.8. The number of hydrogen-bond acceptors (Lipinski definition) is 5. The molecule has 0 fully saturated rings. The molecule has 1 heterocycles. The standard InChI is InChI=1S/C15H11BrN2O4S/c1-9(19)14(7-13-6-10(16)8-23-13)15(20)17-11-2-4-12(5-3-11)18(21)22/h2-8H,1H3,(H,17,20)/b14-7+. The van der Waals surface area contributed by atoms with E-state index in [1.165, 1.54) is 48.6 Å². The van der Waals surface area contributed by atoms with E-state index in [4.69, 9.17) is 0 Å². The van der Waals surface area contributed by atoms with E-state index in [9.17, 15) is 19.7 Å². The number of rotatable bonds is 5. The lowest BCUT2D eigenvalue weighted by Crippen LogP contribution is -2.18. The van der Waals surface area contributed by atoms with Gasteiger partial charge in [-0.05, 0) is 47.1 Å². The molecule has 0 aliphatic rings. The lowest BCUT2D eigenvalue weighted by Gasteiger charge is -2.06. The minimum atomic E-state index is -0.559. The zero-order chi connectivity index (χ0) is 17.0. The Hall–Kier alpha value is -2.32. The molecule has 8 heteroatoms. The molecule has 0 saturated carbocycles. The van der Waals surface area contributed by atoms with E-state index in [-0.39, 0.29) is 17.0 Å². The Morgan fingerprint density at radius 3 is 2.43 bits per heavy atom. The highest BCUT2D eigenvalue weighted by molar-refractivity contribution is 9.10. The molecule has 0 unspecified atom stereocenters. The number of thiophene rings is 1. The highest BCUT2D eigenvalue weighted by atomic mass is 79.9.